The highest BCUT2D eigenvalue weighted by Gasteiger charge is 2.10. The van der Waals surface area contributed by atoms with E-state index in [0.717, 1.165) is 23.3 Å². The van der Waals surface area contributed by atoms with Crippen LogP contribution in [0.3, 0.4) is 0 Å². The Morgan fingerprint density at radius 3 is 2.75 bits per heavy atom. The second kappa shape index (κ2) is 9.19. The molecular formula is C21H21ClN4O2. The van der Waals surface area contributed by atoms with Gasteiger partial charge in [0.05, 0.1) is 19.5 Å². The Hall–Kier alpha value is -3.12. The smallest absolute Gasteiger partial charge is 0.275 e. The minimum atomic E-state index is -0.333. The van der Waals surface area contributed by atoms with E-state index in [1.54, 1.807) is 25.4 Å². The van der Waals surface area contributed by atoms with Crippen LogP contribution in [0.4, 0.5) is 11.5 Å². The molecule has 0 fully saturated rings. The summed E-state index contributed by atoms with van der Waals surface area (Å²) in [5.41, 5.74) is 2.96. The molecule has 2 aromatic carbocycles. The highest BCUT2D eigenvalue weighted by Crippen LogP contribution is 2.20. The standard InChI is InChI=1S/C21H21ClN4O2/c1-14-6-7-16(22)11-18(14)26-21(27)19-12-25-20(13-24-19)23-9-8-15-4-3-5-17(10-15)28-2/h3-7,10-13H,8-9H2,1-2H3,(H,23,25)(H,26,27). The summed E-state index contributed by atoms with van der Waals surface area (Å²) in [4.78, 5) is 20.8. The molecule has 0 unspecified atom stereocenters. The summed E-state index contributed by atoms with van der Waals surface area (Å²) in [7, 11) is 1.65. The lowest BCUT2D eigenvalue weighted by Gasteiger charge is -2.09. The lowest BCUT2D eigenvalue weighted by atomic mass is 10.1. The average molecular weight is 397 g/mol. The zero-order valence-electron chi connectivity index (χ0n) is 15.7. The van der Waals surface area contributed by atoms with E-state index in [1.807, 2.05) is 37.3 Å². The van der Waals surface area contributed by atoms with E-state index >= 15 is 0 Å². The summed E-state index contributed by atoms with van der Waals surface area (Å²) in [5, 5.41) is 6.56. The number of aryl methyl sites for hydroxylation is 1. The number of carbonyl (C=O) groups excluding carboxylic acids is 1. The number of carbonyl (C=O) groups is 1. The second-order valence-corrected chi connectivity index (χ2v) is 6.66. The number of methoxy groups -OCH3 is 1. The van der Waals surface area contributed by atoms with Crippen molar-refractivity contribution in [3.8, 4) is 5.75 Å². The largest absolute Gasteiger partial charge is 0.497 e. The first-order chi connectivity index (χ1) is 13.5. The second-order valence-electron chi connectivity index (χ2n) is 6.23. The first-order valence-electron chi connectivity index (χ1n) is 8.81. The van der Waals surface area contributed by atoms with Crippen LogP contribution >= 0.6 is 11.6 Å². The van der Waals surface area contributed by atoms with Crippen molar-refractivity contribution in [2.45, 2.75) is 13.3 Å². The third kappa shape index (κ3) is 5.20. The lowest BCUT2D eigenvalue weighted by Crippen LogP contribution is -2.15. The quantitative estimate of drug-likeness (QED) is 0.620. The Morgan fingerprint density at radius 1 is 1.14 bits per heavy atom. The molecule has 6 nitrogen and oxygen atoms in total. The highest BCUT2D eigenvalue weighted by molar-refractivity contribution is 6.31. The van der Waals surface area contributed by atoms with Crippen LogP contribution in [0.2, 0.25) is 5.02 Å². The predicted octanol–water partition coefficient (Wildman–Crippen LogP) is 4.35. The molecule has 0 aliphatic heterocycles. The van der Waals surface area contributed by atoms with Crippen molar-refractivity contribution in [3.05, 3.63) is 76.7 Å². The van der Waals surface area contributed by atoms with E-state index in [1.165, 1.54) is 6.20 Å². The Balaban J connectivity index is 1.55. The van der Waals surface area contributed by atoms with Gasteiger partial charge in [0.1, 0.15) is 17.3 Å². The number of ether oxygens (including phenoxy) is 1. The normalized spacial score (nSPS) is 10.4. The molecule has 3 rings (SSSR count). The van der Waals surface area contributed by atoms with Gasteiger partial charge in [-0.2, -0.15) is 0 Å². The molecule has 28 heavy (non-hydrogen) atoms. The fourth-order valence-electron chi connectivity index (χ4n) is 2.61. The van der Waals surface area contributed by atoms with Gasteiger partial charge in [-0.05, 0) is 48.7 Å². The van der Waals surface area contributed by atoms with Gasteiger partial charge in [0, 0.05) is 17.3 Å². The van der Waals surface area contributed by atoms with Crippen molar-refractivity contribution >= 4 is 29.0 Å². The Labute approximate surface area is 168 Å². The van der Waals surface area contributed by atoms with E-state index in [4.69, 9.17) is 16.3 Å². The van der Waals surface area contributed by atoms with Gasteiger partial charge in [-0.1, -0.05) is 29.8 Å². The zero-order valence-corrected chi connectivity index (χ0v) is 16.5. The van der Waals surface area contributed by atoms with Gasteiger partial charge in [0.15, 0.2) is 0 Å². The Bertz CT molecular complexity index is 961. The molecule has 0 saturated heterocycles. The van der Waals surface area contributed by atoms with E-state index < -0.39 is 0 Å². The van der Waals surface area contributed by atoms with Gasteiger partial charge < -0.3 is 15.4 Å². The number of nitrogens with one attached hydrogen (secondary N) is 2. The molecule has 0 saturated carbocycles. The molecule has 0 spiro atoms. The summed E-state index contributed by atoms with van der Waals surface area (Å²) in [6.45, 7) is 2.59. The fraction of sp³-hybridized carbons (Fsp3) is 0.190. The van der Waals surface area contributed by atoms with Gasteiger partial charge in [0.25, 0.3) is 5.91 Å². The monoisotopic (exact) mass is 396 g/mol. The number of hydrogen-bond acceptors (Lipinski definition) is 5. The van der Waals surface area contributed by atoms with Crippen LogP contribution in [-0.2, 0) is 6.42 Å². The number of benzene rings is 2. The van der Waals surface area contributed by atoms with Gasteiger partial charge >= 0.3 is 0 Å². The molecule has 1 heterocycles. The van der Waals surface area contributed by atoms with Crippen LogP contribution in [0, 0.1) is 6.92 Å². The van der Waals surface area contributed by atoms with Crippen LogP contribution in [0.25, 0.3) is 0 Å². The molecular weight excluding hydrogens is 376 g/mol. The lowest BCUT2D eigenvalue weighted by molar-refractivity contribution is 0.102. The van der Waals surface area contributed by atoms with Crippen molar-refractivity contribution in [1.29, 1.82) is 0 Å². The van der Waals surface area contributed by atoms with Gasteiger partial charge in [0.2, 0.25) is 0 Å². The summed E-state index contributed by atoms with van der Waals surface area (Å²) < 4.78 is 5.22. The molecule has 0 radical (unpaired) electrons. The number of anilines is 2. The highest BCUT2D eigenvalue weighted by atomic mass is 35.5. The maximum atomic E-state index is 12.4. The Kier molecular flexibility index (Phi) is 6.45. The Morgan fingerprint density at radius 2 is 2.00 bits per heavy atom. The van der Waals surface area contributed by atoms with Crippen molar-refractivity contribution in [1.82, 2.24) is 9.97 Å². The predicted molar refractivity (Wildman–Crippen MR) is 111 cm³/mol. The van der Waals surface area contributed by atoms with Gasteiger partial charge in [-0.15, -0.1) is 0 Å². The summed E-state index contributed by atoms with van der Waals surface area (Å²) in [6, 6.07) is 13.2. The molecule has 0 aliphatic rings. The number of nitrogens with zero attached hydrogens (tertiary/aromatic N) is 2. The number of halogens is 1. The average Bonchev–Trinajstić information content (AvgIpc) is 2.71. The number of rotatable bonds is 7. The first kappa shape index (κ1) is 19.6. The molecule has 144 valence electrons. The summed E-state index contributed by atoms with van der Waals surface area (Å²) >= 11 is 5.98. The van der Waals surface area contributed by atoms with Crippen molar-refractivity contribution in [3.63, 3.8) is 0 Å². The zero-order chi connectivity index (χ0) is 19.9. The molecule has 2 N–H and O–H groups in total. The molecule has 1 aromatic heterocycles. The van der Waals surface area contributed by atoms with Crippen LogP contribution < -0.4 is 15.4 Å². The minimum Gasteiger partial charge on any atom is -0.497 e. The number of hydrogen-bond donors (Lipinski definition) is 2. The third-order valence-electron chi connectivity index (χ3n) is 4.19. The first-order valence-corrected chi connectivity index (χ1v) is 9.19. The van der Waals surface area contributed by atoms with Crippen LogP contribution in [-0.4, -0.2) is 29.5 Å². The van der Waals surface area contributed by atoms with E-state index in [9.17, 15) is 4.79 Å². The maximum absolute atomic E-state index is 12.4. The van der Waals surface area contributed by atoms with Crippen LogP contribution in [0.15, 0.2) is 54.9 Å². The molecule has 0 bridgehead atoms. The third-order valence-corrected chi connectivity index (χ3v) is 4.42. The van der Waals surface area contributed by atoms with E-state index in [-0.39, 0.29) is 11.6 Å². The van der Waals surface area contributed by atoms with Gasteiger partial charge in [-0.25, -0.2) is 9.97 Å². The molecule has 0 atom stereocenters. The van der Waals surface area contributed by atoms with E-state index in [2.05, 4.69) is 20.6 Å². The molecule has 3 aromatic rings. The van der Waals surface area contributed by atoms with Crippen molar-refractivity contribution in [2.24, 2.45) is 0 Å². The maximum Gasteiger partial charge on any atom is 0.275 e. The number of aromatic nitrogens is 2. The summed E-state index contributed by atoms with van der Waals surface area (Å²) in [6.07, 6.45) is 3.81. The van der Waals surface area contributed by atoms with Crippen molar-refractivity contribution in [2.75, 3.05) is 24.3 Å². The van der Waals surface area contributed by atoms with Crippen LogP contribution in [0.1, 0.15) is 21.6 Å². The molecule has 1 amide bonds. The van der Waals surface area contributed by atoms with Crippen LogP contribution in [0.5, 0.6) is 5.75 Å². The molecule has 0 aliphatic carbocycles. The van der Waals surface area contributed by atoms with E-state index in [0.29, 0.717) is 23.1 Å². The SMILES string of the molecule is COc1cccc(CCNc2cnc(C(=O)Nc3cc(Cl)ccc3C)cn2)c1. The number of amides is 1. The topological polar surface area (TPSA) is 76.1 Å². The van der Waals surface area contributed by atoms with Crippen molar-refractivity contribution < 1.29 is 9.53 Å². The fourth-order valence-corrected chi connectivity index (χ4v) is 2.79. The van der Waals surface area contributed by atoms with Gasteiger partial charge in [-0.3, -0.25) is 4.79 Å². The molecule has 7 heteroatoms. The summed E-state index contributed by atoms with van der Waals surface area (Å²) in [5.74, 6) is 1.11. The minimum absolute atomic E-state index is 0.234.